The van der Waals surface area contributed by atoms with Gasteiger partial charge >= 0.3 is 0 Å². The van der Waals surface area contributed by atoms with Gasteiger partial charge in [-0.25, -0.2) is 0 Å². The third-order valence-corrected chi connectivity index (χ3v) is 5.48. The highest BCUT2D eigenvalue weighted by Gasteiger charge is 2.23. The van der Waals surface area contributed by atoms with Gasteiger partial charge in [0.15, 0.2) is 0 Å². The number of likely N-dealkylation sites (N-methyl/N-ethyl adjacent to an activating group) is 1. The Kier molecular flexibility index (Phi) is 7.49. The van der Waals surface area contributed by atoms with Gasteiger partial charge in [-0.2, -0.15) is 0 Å². The molecule has 3 rings (SSSR count). The molecule has 0 aliphatic carbocycles. The van der Waals surface area contributed by atoms with Gasteiger partial charge in [0.25, 0.3) is 0 Å². The predicted octanol–water partition coefficient (Wildman–Crippen LogP) is 2.59. The number of methoxy groups -OCH3 is 2. The van der Waals surface area contributed by atoms with Gasteiger partial charge in [0.1, 0.15) is 11.5 Å². The van der Waals surface area contributed by atoms with E-state index >= 15 is 0 Å². The summed E-state index contributed by atoms with van der Waals surface area (Å²) < 4.78 is 10.5. The summed E-state index contributed by atoms with van der Waals surface area (Å²) in [6.07, 6.45) is 2.27. The normalized spacial score (nSPS) is 17.2. The maximum Gasteiger partial charge on any atom is 0.234 e. The number of rotatable bonds is 8. The van der Waals surface area contributed by atoms with Crippen molar-refractivity contribution in [3.63, 3.8) is 0 Å². The first-order chi connectivity index (χ1) is 14.1. The van der Waals surface area contributed by atoms with Crippen LogP contribution in [-0.4, -0.2) is 57.8 Å². The van der Waals surface area contributed by atoms with E-state index in [0.29, 0.717) is 12.6 Å². The molecule has 6 heteroatoms. The van der Waals surface area contributed by atoms with E-state index in [1.807, 2.05) is 55.6 Å². The highest BCUT2D eigenvalue weighted by molar-refractivity contribution is 5.79. The number of piperidine rings is 1. The molecule has 1 atom stereocenters. The summed E-state index contributed by atoms with van der Waals surface area (Å²) in [4.78, 5) is 15.1. The minimum absolute atomic E-state index is 0.0263. The van der Waals surface area contributed by atoms with Gasteiger partial charge in [-0.05, 0) is 61.8 Å². The minimum atomic E-state index is -0.232. The molecule has 0 spiro atoms. The van der Waals surface area contributed by atoms with E-state index in [9.17, 15) is 4.79 Å². The highest BCUT2D eigenvalue weighted by atomic mass is 16.5. The topological polar surface area (TPSA) is 62.8 Å². The molecule has 0 bridgehead atoms. The Bertz CT molecular complexity index is 729. The van der Waals surface area contributed by atoms with Crippen LogP contribution in [0.25, 0.3) is 0 Å². The third kappa shape index (κ3) is 5.71. The number of nitrogens with one attached hydrogen (secondary N) is 2. The Hall–Kier alpha value is -2.57. The van der Waals surface area contributed by atoms with Crippen LogP contribution in [0, 0.1) is 0 Å². The molecule has 0 saturated carbocycles. The van der Waals surface area contributed by atoms with Crippen LogP contribution in [0.15, 0.2) is 48.5 Å². The van der Waals surface area contributed by atoms with E-state index in [4.69, 9.17) is 9.47 Å². The van der Waals surface area contributed by atoms with E-state index in [-0.39, 0.29) is 11.9 Å². The lowest BCUT2D eigenvalue weighted by Gasteiger charge is -2.32. The fourth-order valence-corrected chi connectivity index (χ4v) is 3.80. The number of hydrogen-bond donors (Lipinski definition) is 2. The summed E-state index contributed by atoms with van der Waals surface area (Å²) in [6.45, 7) is 2.27. The molecule has 0 radical (unpaired) electrons. The first-order valence-electron chi connectivity index (χ1n) is 10.1. The van der Waals surface area contributed by atoms with Crippen molar-refractivity contribution in [3.8, 4) is 11.5 Å². The van der Waals surface area contributed by atoms with E-state index in [2.05, 4.69) is 15.5 Å². The smallest absolute Gasteiger partial charge is 0.234 e. The van der Waals surface area contributed by atoms with E-state index in [1.165, 1.54) is 0 Å². The monoisotopic (exact) mass is 397 g/mol. The van der Waals surface area contributed by atoms with Gasteiger partial charge in [0, 0.05) is 12.6 Å². The molecule has 1 fully saturated rings. The van der Waals surface area contributed by atoms with Crippen molar-refractivity contribution in [2.75, 3.05) is 40.9 Å². The number of hydrogen-bond acceptors (Lipinski definition) is 5. The zero-order chi connectivity index (χ0) is 20.6. The van der Waals surface area contributed by atoms with E-state index < -0.39 is 0 Å². The fourth-order valence-electron chi connectivity index (χ4n) is 3.80. The van der Waals surface area contributed by atoms with Crippen molar-refractivity contribution < 1.29 is 14.3 Å². The van der Waals surface area contributed by atoms with Crippen LogP contribution in [0.2, 0.25) is 0 Å². The highest BCUT2D eigenvalue weighted by Crippen LogP contribution is 2.26. The SMILES string of the molecule is CNC1CCCN(CC(=O)NC(c2ccc(OC)cc2)c2ccc(OC)cc2)C1. The van der Waals surface area contributed by atoms with Crippen LogP contribution >= 0.6 is 0 Å². The largest absolute Gasteiger partial charge is 0.497 e. The average molecular weight is 398 g/mol. The Morgan fingerprint density at radius 2 is 1.59 bits per heavy atom. The summed E-state index contributed by atoms with van der Waals surface area (Å²) in [5.41, 5.74) is 2.02. The Labute approximate surface area is 173 Å². The van der Waals surface area contributed by atoms with Crippen molar-refractivity contribution in [1.82, 2.24) is 15.5 Å². The Morgan fingerprint density at radius 1 is 1.03 bits per heavy atom. The zero-order valence-electron chi connectivity index (χ0n) is 17.5. The van der Waals surface area contributed by atoms with E-state index in [1.54, 1.807) is 14.2 Å². The van der Waals surface area contributed by atoms with Gasteiger partial charge in [-0.1, -0.05) is 24.3 Å². The second kappa shape index (κ2) is 10.3. The molecular weight excluding hydrogens is 366 g/mol. The molecule has 1 aliphatic rings. The lowest BCUT2D eigenvalue weighted by Crippen LogP contribution is -2.48. The van der Waals surface area contributed by atoms with Crippen LogP contribution in [0.4, 0.5) is 0 Å². The molecular formula is C23H31N3O3. The van der Waals surface area contributed by atoms with Crippen LogP contribution < -0.4 is 20.1 Å². The first kappa shape index (κ1) is 21.1. The van der Waals surface area contributed by atoms with Gasteiger partial charge in [-0.15, -0.1) is 0 Å². The van der Waals surface area contributed by atoms with Crippen molar-refractivity contribution in [2.24, 2.45) is 0 Å². The van der Waals surface area contributed by atoms with Crippen molar-refractivity contribution in [1.29, 1.82) is 0 Å². The van der Waals surface area contributed by atoms with Gasteiger partial charge in [0.05, 0.1) is 26.8 Å². The molecule has 156 valence electrons. The number of likely N-dealkylation sites (tertiary alicyclic amines) is 1. The molecule has 0 aromatic heterocycles. The molecule has 1 heterocycles. The number of amides is 1. The summed E-state index contributed by atoms with van der Waals surface area (Å²) in [5, 5.41) is 6.55. The molecule has 29 heavy (non-hydrogen) atoms. The second-order valence-electron chi connectivity index (χ2n) is 7.41. The summed E-state index contributed by atoms with van der Waals surface area (Å²) >= 11 is 0. The maximum absolute atomic E-state index is 12.9. The Balaban J connectivity index is 1.75. The fraction of sp³-hybridized carbons (Fsp3) is 0.435. The van der Waals surface area contributed by atoms with Crippen molar-refractivity contribution >= 4 is 5.91 Å². The lowest BCUT2D eigenvalue weighted by molar-refractivity contribution is -0.123. The van der Waals surface area contributed by atoms with Crippen LogP contribution in [0.3, 0.4) is 0 Å². The van der Waals surface area contributed by atoms with Gasteiger partial charge in [0.2, 0.25) is 5.91 Å². The standard InChI is InChI=1S/C23H31N3O3/c1-24-19-5-4-14-26(15-19)16-22(27)25-23(17-6-10-20(28-2)11-7-17)18-8-12-21(29-3)13-9-18/h6-13,19,23-24H,4-5,14-16H2,1-3H3,(H,25,27). The summed E-state index contributed by atoms with van der Waals surface area (Å²) in [7, 11) is 5.28. The Morgan fingerprint density at radius 3 is 2.07 bits per heavy atom. The lowest BCUT2D eigenvalue weighted by atomic mass is 9.98. The summed E-state index contributed by atoms with van der Waals surface area (Å²) in [6, 6.07) is 15.9. The molecule has 1 aliphatic heterocycles. The van der Waals surface area contributed by atoms with Gasteiger partial charge in [-0.3, -0.25) is 9.69 Å². The minimum Gasteiger partial charge on any atom is -0.497 e. The number of carbonyl (C=O) groups is 1. The van der Waals surface area contributed by atoms with Crippen molar-refractivity contribution in [3.05, 3.63) is 59.7 Å². The number of ether oxygens (including phenoxy) is 2. The molecule has 2 aromatic carbocycles. The van der Waals surface area contributed by atoms with Crippen molar-refractivity contribution in [2.45, 2.75) is 24.9 Å². The molecule has 1 amide bonds. The number of nitrogens with zero attached hydrogens (tertiary/aromatic N) is 1. The number of carbonyl (C=O) groups excluding carboxylic acids is 1. The first-order valence-corrected chi connectivity index (χ1v) is 10.1. The molecule has 2 N–H and O–H groups in total. The second-order valence-corrected chi connectivity index (χ2v) is 7.41. The average Bonchev–Trinajstić information content (AvgIpc) is 2.78. The van der Waals surface area contributed by atoms with Gasteiger partial charge < -0.3 is 20.1 Å². The summed E-state index contributed by atoms with van der Waals surface area (Å²) in [5.74, 6) is 1.61. The zero-order valence-corrected chi connectivity index (χ0v) is 17.5. The van der Waals surface area contributed by atoms with Crippen LogP contribution in [0.1, 0.15) is 30.0 Å². The maximum atomic E-state index is 12.9. The molecule has 1 saturated heterocycles. The van der Waals surface area contributed by atoms with Crippen LogP contribution in [0.5, 0.6) is 11.5 Å². The quantitative estimate of drug-likeness (QED) is 0.717. The van der Waals surface area contributed by atoms with E-state index in [0.717, 1.165) is 48.6 Å². The molecule has 6 nitrogen and oxygen atoms in total. The molecule has 2 aromatic rings. The predicted molar refractivity (Wildman–Crippen MR) is 114 cm³/mol. The number of benzene rings is 2. The van der Waals surface area contributed by atoms with Crippen LogP contribution in [-0.2, 0) is 4.79 Å². The third-order valence-electron chi connectivity index (χ3n) is 5.48. The molecule has 1 unspecified atom stereocenters.